The van der Waals surface area contributed by atoms with Gasteiger partial charge in [0.1, 0.15) is 0 Å². The molecule has 1 aromatic heterocycles. The number of thiophene rings is 1. The van der Waals surface area contributed by atoms with Gasteiger partial charge in [-0.05, 0) is 73.2 Å². The first-order valence-corrected chi connectivity index (χ1v) is 7.33. The predicted octanol–water partition coefficient (Wildman–Crippen LogP) is 3.81. The van der Waals surface area contributed by atoms with Crippen LogP contribution in [0.25, 0.3) is 10.1 Å². The van der Waals surface area contributed by atoms with Gasteiger partial charge in [0.25, 0.3) is 0 Å². The molecule has 2 heteroatoms. The summed E-state index contributed by atoms with van der Waals surface area (Å²) < 4.78 is 1.44. The Morgan fingerprint density at radius 1 is 1.24 bits per heavy atom. The third-order valence-corrected chi connectivity index (χ3v) is 4.67. The molecule has 1 fully saturated rings. The van der Waals surface area contributed by atoms with Gasteiger partial charge in [-0.3, -0.25) is 0 Å². The molecule has 1 heterocycles. The minimum Gasteiger partial charge on any atom is -0.314 e. The quantitative estimate of drug-likeness (QED) is 0.863. The SMILES string of the molecule is Cc1cc2scc(CCNC3CC3)c2cc1C. The smallest absolute Gasteiger partial charge is 0.0348 e. The van der Waals surface area contributed by atoms with Crippen LogP contribution in [-0.4, -0.2) is 12.6 Å². The molecular formula is C15H19NS. The topological polar surface area (TPSA) is 12.0 Å². The van der Waals surface area contributed by atoms with Crippen molar-refractivity contribution in [1.29, 1.82) is 0 Å². The van der Waals surface area contributed by atoms with Gasteiger partial charge in [0.05, 0.1) is 0 Å². The van der Waals surface area contributed by atoms with Crippen molar-refractivity contribution >= 4 is 21.4 Å². The van der Waals surface area contributed by atoms with Crippen molar-refractivity contribution in [3.63, 3.8) is 0 Å². The molecule has 0 bridgehead atoms. The van der Waals surface area contributed by atoms with Crippen LogP contribution in [0.1, 0.15) is 29.5 Å². The second-order valence-electron chi connectivity index (χ2n) is 5.17. The van der Waals surface area contributed by atoms with Crippen LogP contribution in [0.3, 0.4) is 0 Å². The summed E-state index contributed by atoms with van der Waals surface area (Å²) in [6.07, 6.45) is 3.92. The Hall–Kier alpha value is -0.860. The van der Waals surface area contributed by atoms with Gasteiger partial charge in [0.2, 0.25) is 0 Å². The van der Waals surface area contributed by atoms with Crippen molar-refractivity contribution in [3.05, 3.63) is 34.2 Å². The van der Waals surface area contributed by atoms with Gasteiger partial charge in [-0.15, -0.1) is 11.3 Å². The molecule has 1 aromatic carbocycles. The molecule has 0 atom stereocenters. The average Bonchev–Trinajstić information content (AvgIpc) is 3.05. The number of rotatable bonds is 4. The van der Waals surface area contributed by atoms with Crippen LogP contribution in [0.2, 0.25) is 0 Å². The predicted molar refractivity (Wildman–Crippen MR) is 76.0 cm³/mol. The Kier molecular flexibility index (Phi) is 2.93. The minimum atomic E-state index is 0.823. The lowest BCUT2D eigenvalue weighted by Crippen LogP contribution is -2.19. The number of hydrogen-bond acceptors (Lipinski definition) is 2. The van der Waals surface area contributed by atoms with Crippen LogP contribution in [0, 0.1) is 13.8 Å². The van der Waals surface area contributed by atoms with E-state index in [1.165, 1.54) is 46.0 Å². The van der Waals surface area contributed by atoms with Crippen LogP contribution in [0.15, 0.2) is 17.5 Å². The Morgan fingerprint density at radius 2 is 2.00 bits per heavy atom. The maximum absolute atomic E-state index is 3.59. The zero-order valence-corrected chi connectivity index (χ0v) is 11.4. The Balaban J connectivity index is 1.80. The van der Waals surface area contributed by atoms with E-state index in [1.54, 1.807) is 0 Å². The number of aryl methyl sites for hydroxylation is 2. The lowest BCUT2D eigenvalue weighted by molar-refractivity contribution is 0.684. The highest BCUT2D eigenvalue weighted by Gasteiger charge is 2.19. The molecule has 1 aliphatic carbocycles. The van der Waals surface area contributed by atoms with E-state index < -0.39 is 0 Å². The maximum atomic E-state index is 3.59. The molecule has 1 aliphatic rings. The number of nitrogens with one attached hydrogen (secondary N) is 1. The molecular weight excluding hydrogens is 226 g/mol. The summed E-state index contributed by atoms with van der Waals surface area (Å²) in [5, 5.41) is 7.39. The molecule has 0 saturated heterocycles. The largest absolute Gasteiger partial charge is 0.314 e. The summed E-state index contributed by atoms with van der Waals surface area (Å²) in [4.78, 5) is 0. The highest BCUT2D eigenvalue weighted by atomic mass is 32.1. The fraction of sp³-hybridized carbons (Fsp3) is 0.467. The molecule has 1 N–H and O–H groups in total. The number of hydrogen-bond donors (Lipinski definition) is 1. The normalized spacial score (nSPS) is 15.6. The molecule has 90 valence electrons. The fourth-order valence-corrected chi connectivity index (χ4v) is 3.30. The molecule has 3 rings (SSSR count). The summed E-state index contributed by atoms with van der Waals surface area (Å²) in [5.41, 5.74) is 4.33. The first-order chi connectivity index (χ1) is 8.24. The van der Waals surface area contributed by atoms with Crippen LogP contribution < -0.4 is 5.32 Å². The minimum absolute atomic E-state index is 0.823. The first-order valence-electron chi connectivity index (χ1n) is 6.45. The summed E-state index contributed by atoms with van der Waals surface area (Å²) >= 11 is 1.88. The lowest BCUT2D eigenvalue weighted by atomic mass is 10.0. The van der Waals surface area contributed by atoms with E-state index in [0.29, 0.717) is 0 Å². The van der Waals surface area contributed by atoms with Gasteiger partial charge >= 0.3 is 0 Å². The highest BCUT2D eigenvalue weighted by Crippen LogP contribution is 2.29. The first kappa shape index (κ1) is 11.2. The van der Waals surface area contributed by atoms with Gasteiger partial charge in [-0.1, -0.05) is 6.07 Å². The Labute approximate surface area is 107 Å². The average molecular weight is 245 g/mol. The van der Waals surface area contributed by atoms with E-state index in [4.69, 9.17) is 0 Å². The maximum Gasteiger partial charge on any atom is 0.0348 e. The Bertz CT molecular complexity index is 537. The van der Waals surface area contributed by atoms with E-state index in [1.807, 2.05) is 11.3 Å². The summed E-state index contributed by atoms with van der Waals surface area (Å²) in [5.74, 6) is 0. The molecule has 17 heavy (non-hydrogen) atoms. The van der Waals surface area contributed by atoms with Crippen molar-refractivity contribution in [3.8, 4) is 0 Å². The van der Waals surface area contributed by atoms with Crippen molar-refractivity contribution < 1.29 is 0 Å². The van der Waals surface area contributed by atoms with Crippen LogP contribution in [0.4, 0.5) is 0 Å². The second kappa shape index (κ2) is 4.43. The van der Waals surface area contributed by atoms with E-state index >= 15 is 0 Å². The lowest BCUT2D eigenvalue weighted by Gasteiger charge is -2.04. The van der Waals surface area contributed by atoms with Gasteiger partial charge in [-0.2, -0.15) is 0 Å². The van der Waals surface area contributed by atoms with Crippen molar-refractivity contribution in [2.75, 3.05) is 6.54 Å². The molecule has 0 aliphatic heterocycles. The van der Waals surface area contributed by atoms with Crippen LogP contribution >= 0.6 is 11.3 Å². The Morgan fingerprint density at radius 3 is 2.76 bits per heavy atom. The van der Waals surface area contributed by atoms with Gasteiger partial charge in [0, 0.05) is 10.7 Å². The third kappa shape index (κ3) is 2.38. The molecule has 0 spiro atoms. The van der Waals surface area contributed by atoms with E-state index in [-0.39, 0.29) is 0 Å². The fourth-order valence-electron chi connectivity index (χ4n) is 2.23. The molecule has 0 radical (unpaired) electrons. The molecule has 2 aromatic rings. The van der Waals surface area contributed by atoms with Gasteiger partial charge in [-0.25, -0.2) is 0 Å². The second-order valence-corrected chi connectivity index (χ2v) is 6.08. The summed E-state index contributed by atoms with van der Waals surface area (Å²) in [6, 6.07) is 5.50. The third-order valence-electron chi connectivity index (χ3n) is 3.67. The molecule has 0 amide bonds. The van der Waals surface area contributed by atoms with Crippen LogP contribution in [-0.2, 0) is 6.42 Å². The van der Waals surface area contributed by atoms with Crippen molar-refractivity contribution in [2.24, 2.45) is 0 Å². The van der Waals surface area contributed by atoms with Crippen molar-refractivity contribution in [1.82, 2.24) is 5.32 Å². The van der Waals surface area contributed by atoms with Crippen molar-refractivity contribution in [2.45, 2.75) is 39.2 Å². The van der Waals surface area contributed by atoms with E-state index in [0.717, 1.165) is 12.6 Å². The zero-order chi connectivity index (χ0) is 11.8. The standard InChI is InChI=1S/C15H19NS/c1-10-7-14-12(5-6-16-13-3-4-13)9-17-15(14)8-11(10)2/h7-9,13,16H,3-6H2,1-2H3. The molecule has 1 saturated carbocycles. The van der Waals surface area contributed by atoms with Crippen LogP contribution in [0.5, 0.6) is 0 Å². The van der Waals surface area contributed by atoms with E-state index in [9.17, 15) is 0 Å². The summed E-state index contributed by atoms with van der Waals surface area (Å²) in [6.45, 7) is 5.53. The van der Waals surface area contributed by atoms with Gasteiger partial charge in [0.15, 0.2) is 0 Å². The summed E-state index contributed by atoms with van der Waals surface area (Å²) in [7, 11) is 0. The molecule has 1 nitrogen and oxygen atoms in total. The number of benzene rings is 1. The monoisotopic (exact) mass is 245 g/mol. The molecule has 0 unspecified atom stereocenters. The number of fused-ring (bicyclic) bond motifs is 1. The van der Waals surface area contributed by atoms with E-state index in [2.05, 4.69) is 36.7 Å². The zero-order valence-electron chi connectivity index (χ0n) is 10.5. The van der Waals surface area contributed by atoms with Gasteiger partial charge < -0.3 is 5.32 Å². The highest BCUT2D eigenvalue weighted by molar-refractivity contribution is 7.17.